The summed E-state index contributed by atoms with van der Waals surface area (Å²) in [6, 6.07) is 7.44. The Balaban J connectivity index is 1.38. The molecule has 1 aliphatic rings. The summed E-state index contributed by atoms with van der Waals surface area (Å²) >= 11 is 5.91. The number of aryl methyl sites for hydroxylation is 1. The van der Waals surface area contributed by atoms with Gasteiger partial charge in [-0.15, -0.1) is 0 Å². The van der Waals surface area contributed by atoms with Crippen molar-refractivity contribution < 1.29 is 4.52 Å². The SMILES string of the molecule is Cc1nc2n(c1C)CCN(CCc1nc(-c3ccc(Cl)cc3)no1)C2. The first-order chi connectivity index (χ1) is 12.1. The molecule has 0 saturated carbocycles. The number of aromatic nitrogens is 4. The van der Waals surface area contributed by atoms with E-state index in [9.17, 15) is 0 Å². The van der Waals surface area contributed by atoms with Gasteiger partial charge in [-0.05, 0) is 38.1 Å². The van der Waals surface area contributed by atoms with Crippen LogP contribution in [0, 0.1) is 13.8 Å². The van der Waals surface area contributed by atoms with Crippen LogP contribution in [0.1, 0.15) is 23.1 Å². The zero-order valence-corrected chi connectivity index (χ0v) is 15.1. The fourth-order valence-electron chi connectivity index (χ4n) is 3.18. The molecular weight excluding hydrogens is 338 g/mol. The van der Waals surface area contributed by atoms with Crippen molar-refractivity contribution in [2.24, 2.45) is 0 Å². The molecule has 0 fully saturated rings. The van der Waals surface area contributed by atoms with Crippen LogP contribution < -0.4 is 0 Å². The predicted molar refractivity (Wildman–Crippen MR) is 95.4 cm³/mol. The quantitative estimate of drug-likeness (QED) is 0.717. The first kappa shape index (κ1) is 16.3. The minimum Gasteiger partial charge on any atom is -0.339 e. The number of nitrogens with zero attached hydrogens (tertiary/aromatic N) is 5. The molecule has 7 heteroatoms. The van der Waals surface area contributed by atoms with Crippen molar-refractivity contribution in [3.05, 3.63) is 52.4 Å². The number of hydrogen-bond donors (Lipinski definition) is 0. The zero-order chi connectivity index (χ0) is 17.4. The molecule has 0 amide bonds. The van der Waals surface area contributed by atoms with Crippen LogP contribution in [0.25, 0.3) is 11.4 Å². The predicted octanol–water partition coefficient (Wildman–Crippen LogP) is 3.26. The topological polar surface area (TPSA) is 60.0 Å². The second-order valence-electron chi connectivity index (χ2n) is 6.40. The number of imidazole rings is 1. The van der Waals surface area contributed by atoms with Crippen molar-refractivity contribution in [1.29, 1.82) is 0 Å². The maximum Gasteiger partial charge on any atom is 0.228 e. The molecule has 3 aromatic rings. The Morgan fingerprint density at radius 3 is 2.72 bits per heavy atom. The fourth-order valence-corrected chi connectivity index (χ4v) is 3.30. The molecule has 0 saturated heterocycles. The first-order valence-electron chi connectivity index (χ1n) is 8.43. The summed E-state index contributed by atoms with van der Waals surface area (Å²) in [5.41, 5.74) is 3.31. The standard InChI is InChI=1S/C18H20ClN5O/c1-12-13(2)24-10-9-23(11-16(24)20-12)8-7-17-21-18(22-25-17)14-3-5-15(19)6-4-14/h3-6H,7-11H2,1-2H3. The third-order valence-corrected chi connectivity index (χ3v) is 5.01. The van der Waals surface area contributed by atoms with E-state index in [0.29, 0.717) is 16.7 Å². The van der Waals surface area contributed by atoms with Gasteiger partial charge in [0.1, 0.15) is 5.82 Å². The number of fused-ring (bicyclic) bond motifs is 1. The molecule has 1 aliphatic heterocycles. The van der Waals surface area contributed by atoms with Gasteiger partial charge in [-0.2, -0.15) is 4.98 Å². The average Bonchev–Trinajstić information content (AvgIpc) is 3.19. The Kier molecular flexibility index (Phi) is 4.31. The van der Waals surface area contributed by atoms with Crippen LogP contribution in [0.4, 0.5) is 0 Å². The smallest absolute Gasteiger partial charge is 0.228 e. The van der Waals surface area contributed by atoms with E-state index in [2.05, 4.69) is 38.4 Å². The Bertz CT molecular complexity index is 884. The van der Waals surface area contributed by atoms with Crippen LogP contribution in [0.2, 0.25) is 5.02 Å². The molecule has 4 rings (SSSR count). The highest BCUT2D eigenvalue weighted by molar-refractivity contribution is 6.30. The summed E-state index contributed by atoms with van der Waals surface area (Å²) in [6.07, 6.45) is 0.735. The Hall–Kier alpha value is -2.18. The number of hydrogen-bond acceptors (Lipinski definition) is 5. The summed E-state index contributed by atoms with van der Waals surface area (Å²) in [5.74, 6) is 2.41. The lowest BCUT2D eigenvalue weighted by Gasteiger charge is -2.27. The van der Waals surface area contributed by atoms with Crippen LogP contribution in [0.15, 0.2) is 28.8 Å². The second-order valence-corrected chi connectivity index (χ2v) is 6.83. The molecule has 6 nitrogen and oxygen atoms in total. The molecule has 25 heavy (non-hydrogen) atoms. The van der Waals surface area contributed by atoms with Gasteiger partial charge in [-0.3, -0.25) is 4.90 Å². The van der Waals surface area contributed by atoms with Crippen molar-refractivity contribution in [2.45, 2.75) is 33.4 Å². The van der Waals surface area contributed by atoms with Crippen LogP contribution in [0.5, 0.6) is 0 Å². The van der Waals surface area contributed by atoms with Crippen LogP contribution in [0.3, 0.4) is 0 Å². The molecule has 3 heterocycles. The summed E-state index contributed by atoms with van der Waals surface area (Å²) in [5, 5.41) is 4.76. The molecule has 0 unspecified atom stereocenters. The highest BCUT2D eigenvalue weighted by Crippen LogP contribution is 2.20. The van der Waals surface area contributed by atoms with Gasteiger partial charge in [0.2, 0.25) is 11.7 Å². The number of halogens is 1. The monoisotopic (exact) mass is 357 g/mol. The van der Waals surface area contributed by atoms with Gasteiger partial charge in [0.05, 0.1) is 12.2 Å². The van der Waals surface area contributed by atoms with Crippen molar-refractivity contribution in [1.82, 2.24) is 24.6 Å². The van der Waals surface area contributed by atoms with Gasteiger partial charge >= 0.3 is 0 Å². The highest BCUT2D eigenvalue weighted by atomic mass is 35.5. The van der Waals surface area contributed by atoms with Crippen molar-refractivity contribution >= 4 is 11.6 Å². The van der Waals surface area contributed by atoms with E-state index in [1.807, 2.05) is 24.3 Å². The van der Waals surface area contributed by atoms with Gasteiger partial charge < -0.3 is 9.09 Å². The van der Waals surface area contributed by atoms with Gasteiger partial charge in [0.25, 0.3) is 0 Å². The molecule has 0 bridgehead atoms. The van der Waals surface area contributed by atoms with Crippen LogP contribution in [-0.2, 0) is 19.5 Å². The second kappa shape index (κ2) is 6.61. The maximum absolute atomic E-state index is 5.91. The van der Waals surface area contributed by atoms with E-state index in [-0.39, 0.29) is 0 Å². The first-order valence-corrected chi connectivity index (χ1v) is 8.81. The summed E-state index contributed by atoms with van der Waals surface area (Å²) in [7, 11) is 0. The highest BCUT2D eigenvalue weighted by Gasteiger charge is 2.20. The van der Waals surface area contributed by atoms with E-state index >= 15 is 0 Å². The molecule has 2 aromatic heterocycles. The fraction of sp³-hybridized carbons (Fsp3) is 0.389. The molecule has 0 aliphatic carbocycles. The number of rotatable bonds is 4. The van der Waals surface area contributed by atoms with Gasteiger partial charge in [-0.25, -0.2) is 4.98 Å². The van der Waals surface area contributed by atoms with Crippen molar-refractivity contribution in [3.63, 3.8) is 0 Å². The van der Waals surface area contributed by atoms with E-state index in [0.717, 1.165) is 49.7 Å². The molecule has 0 N–H and O–H groups in total. The molecule has 0 spiro atoms. The minimum absolute atomic E-state index is 0.604. The van der Waals surface area contributed by atoms with Crippen molar-refractivity contribution in [2.75, 3.05) is 13.1 Å². The Morgan fingerprint density at radius 1 is 1.12 bits per heavy atom. The van der Waals surface area contributed by atoms with E-state index in [1.54, 1.807) is 0 Å². The Morgan fingerprint density at radius 2 is 1.92 bits per heavy atom. The lowest BCUT2D eigenvalue weighted by atomic mass is 10.2. The molecule has 0 atom stereocenters. The van der Waals surface area contributed by atoms with E-state index in [1.165, 1.54) is 5.69 Å². The van der Waals surface area contributed by atoms with Crippen LogP contribution in [-0.4, -0.2) is 37.7 Å². The Labute approximate surface area is 151 Å². The zero-order valence-electron chi connectivity index (χ0n) is 14.4. The average molecular weight is 358 g/mol. The molecule has 130 valence electrons. The van der Waals surface area contributed by atoms with E-state index in [4.69, 9.17) is 16.1 Å². The number of benzene rings is 1. The molecule has 0 radical (unpaired) electrons. The van der Waals surface area contributed by atoms with Gasteiger partial charge in [0.15, 0.2) is 0 Å². The third-order valence-electron chi connectivity index (χ3n) is 4.75. The van der Waals surface area contributed by atoms with Gasteiger partial charge in [-0.1, -0.05) is 16.8 Å². The lowest BCUT2D eigenvalue weighted by molar-refractivity contribution is 0.211. The molecular formula is C18H20ClN5O. The summed E-state index contributed by atoms with van der Waals surface area (Å²) < 4.78 is 7.71. The minimum atomic E-state index is 0.604. The largest absolute Gasteiger partial charge is 0.339 e. The summed E-state index contributed by atoms with van der Waals surface area (Å²) in [4.78, 5) is 11.5. The lowest BCUT2D eigenvalue weighted by Crippen LogP contribution is -2.35. The van der Waals surface area contributed by atoms with Gasteiger partial charge in [0, 0.05) is 42.3 Å². The third kappa shape index (κ3) is 3.32. The van der Waals surface area contributed by atoms with Crippen molar-refractivity contribution in [3.8, 4) is 11.4 Å². The summed E-state index contributed by atoms with van der Waals surface area (Å²) in [6.45, 7) is 7.96. The van der Waals surface area contributed by atoms with E-state index < -0.39 is 0 Å². The normalized spacial score (nSPS) is 14.7. The molecule has 1 aromatic carbocycles. The maximum atomic E-state index is 5.91. The van der Waals surface area contributed by atoms with Crippen LogP contribution >= 0.6 is 11.6 Å².